The van der Waals surface area contributed by atoms with E-state index < -0.39 is 157 Å². The number of carboxylic acid groups (broad SMARTS) is 1. The molecule has 1 fully saturated rings. The fourth-order valence-electron chi connectivity index (χ4n) is 7.78. The first kappa shape index (κ1) is 66.0. The molecule has 11 amide bonds. The van der Waals surface area contributed by atoms with Gasteiger partial charge in [-0.25, -0.2) is 4.79 Å². The summed E-state index contributed by atoms with van der Waals surface area (Å²) in [5, 5.41) is 66.1. The highest BCUT2D eigenvalue weighted by atomic mass is 16.4. The van der Waals surface area contributed by atoms with Crippen molar-refractivity contribution in [1.29, 1.82) is 0 Å². The first-order valence-electron chi connectivity index (χ1n) is 25.2. The van der Waals surface area contributed by atoms with Crippen molar-refractivity contribution in [2.45, 2.75) is 145 Å². The highest BCUT2D eigenvalue weighted by Gasteiger charge is 2.37. The highest BCUT2D eigenvalue weighted by molar-refractivity contribution is 5.99. The summed E-state index contributed by atoms with van der Waals surface area (Å²) < 4.78 is 0. The third-order valence-corrected chi connectivity index (χ3v) is 11.9. The predicted molar refractivity (Wildman–Crippen MR) is 275 cm³/mol. The van der Waals surface area contributed by atoms with E-state index in [1.807, 2.05) is 0 Å². The molecule has 12 atom stereocenters. The number of benzene rings is 1. The van der Waals surface area contributed by atoms with E-state index in [1.165, 1.54) is 6.92 Å². The lowest BCUT2D eigenvalue weighted by molar-refractivity contribution is -0.136. The van der Waals surface area contributed by atoms with E-state index in [-0.39, 0.29) is 70.6 Å². The van der Waals surface area contributed by atoms with E-state index in [4.69, 9.17) is 28.0 Å². The third kappa shape index (κ3) is 22.6. The molecule has 0 radical (unpaired) electrons. The van der Waals surface area contributed by atoms with Crippen LogP contribution in [0.5, 0.6) is 0 Å². The van der Waals surface area contributed by atoms with Gasteiger partial charge in [0, 0.05) is 13.0 Å². The van der Waals surface area contributed by atoms with Crippen LogP contribution in [0, 0.1) is 5.92 Å². The molecule has 1 aromatic carbocycles. The number of hydrogen-bond donors (Lipinski definition) is 19. The zero-order valence-corrected chi connectivity index (χ0v) is 43.7. The second-order valence-electron chi connectivity index (χ2n) is 18.8. The van der Waals surface area contributed by atoms with Crippen LogP contribution in [0.2, 0.25) is 0 Å². The molecule has 0 bridgehead atoms. The lowest BCUT2D eigenvalue weighted by atomic mass is 10.00. The lowest BCUT2D eigenvalue weighted by Crippen LogP contribution is -2.62. The molecule has 0 aliphatic carbocycles. The largest absolute Gasteiger partial charge is 0.465 e. The first-order valence-corrected chi connectivity index (χ1v) is 25.2. The van der Waals surface area contributed by atoms with Crippen LogP contribution in [-0.2, 0) is 54.4 Å². The van der Waals surface area contributed by atoms with Crippen molar-refractivity contribution in [1.82, 2.24) is 58.5 Å². The fourth-order valence-corrected chi connectivity index (χ4v) is 7.78. The molecule has 0 aromatic heterocycles. The maximum Gasteiger partial charge on any atom is 0.405 e. The van der Waals surface area contributed by atoms with Crippen LogP contribution in [0.3, 0.4) is 0 Å². The average Bonchev–Trinajstić information content (AvgIpc) is 3.36. The molecular weight excluding hydrogens is 1010 g/mol. The summed E-state index contributed by atoms with van der Waals surface area (Å²) in [4.78, 5) is 150. The van der Waals surface area contributed by atoms with Crippen LogP contribution in [-0.4, -0.2) is 198 Å². The summed E-state index contributed by atoms with van der Waals surface area (Å²) in [5.74, 6) is -10.3. The van der Waals surface area contributed by atoms with E-state index >= 15 is 0 Å². The van der Waals surface area contributed by atoms with Gasteiger partial charge in [0.25, 0.3) is 0 Å². The molecule has 1 heterocycles. The molecule has 0 saturated carbocycles. The fraction of sp³-hybridized carbons (Fsp3) is 0.638. The zero-order chi connectivity index (χ0) is 57.9. The van der Waals surface area contributed by atoms with Gasteiger partial charge in [0.2, 0.25) is 59.1 Å². The van der Waals surface area contributed by atoms with Crippen LogP contribution in [0.15, 0.2) is 30.3 Å². The van der Waals surface area contributed by atoms with Gasteiger partial charge < -0.3 is 102 Å². The lowest BCUT2D eigenvalue weighted by Gasteiger charge is -2.28. The summed E-state index contributed by atoms with van der Waals surface area (Å²) in [5.41, 5.74) is 23.9. The number of amides is 11. The SMILES string of the molecule is CC(C)C[C@@H]1NC(=O)[C@@H](Cc2ccccc2)NC(=O)[C@H](CCN)NC(=O)[C@@H](NC(=O)[C@H](CCN)NC(=O)[C@@H](NC(=O)[C@H](CO)NC(=O)O)[C@@H](C)O)CCNC(=O)[C@H]([C@@H](C)O)NC(=O)[C@H](CCN)NC(=O)[C@H](CCN)NC1=O. The molecule has 23 N–H and O–H groups in total. The maximum atomic E-state index is 14.4. The minimum atomic E-state index is -1.85. The Bertz CT molecular complexity index is 2160. The van der Waals surface area contributed by atoms with Gasteiger partial charge in [0.1, 0.15) is 60.4 Å². The van der Waals surface area contributed by atoms with Crippen LogP contribution in [0.25, 0.3) is 0 Å². The Kier molecular flexibility index (Phi) is 29.0. The molecule has 2 rings (SSSR count). The van der Waals surface area contributed by atoms with Crippen LogP contribution in [0.1, 0.15) is 71.8 Å². The normalized spacial score (nSPS) is 23.6. The Morgan fingerprint density at radius 1 is 0.597 bits per heavy atom. The molecule has 1 saturated heterocycles. The Balaban J connectivity index is 2.74. The number of nitrogens with one attached hydrogen (secondary N) is 11. The van der Waals surface area contributed by atoms with Crippen LogP contribution >= 0.6 is 0 Å². The number of aliphatic hydroxyl groups excluding tert-OH is 3. The second-order valence-corrected chi connectivity index (χ2v) is 18.8. The van der Waals surface area contributed by atoms with Crippen LogP contribution < -0.4 is 81.4 Å². The van der Waals surface area contributed by atoms with Gasteiger partial charge >= 0.3 is 6.09 Å². The Labute approximate surface area is 445 Å². The summed E-state index contributed by atoms with van der Waals surface area (Å²) in [7, 11) is 0. The summed E-state index contributed by atoms with van der Waals surface area (Å²) in [6.07, 6.45) is -6.46. The van der Waals surface area contributed by atoms with E-state index in [0.29, 0.717) is 5.56 Å². The average molecular weight is 1090 g/mol. The maximum absolute atomic E-state index is 14.4. The van der Waals surface area contributed by atoms with E-state index in [0.717, 1.165) is 6.92 Å². The van der Waals surface area contributed by atoms with Crippen molar-refractivity contribution in [2.24, 2.45) is 28.9 Å². The molecule has 30 heteroatoms. The Morgan fingerprint density at radius 3 is 1.57 bits per heavy atom. The standard InChI is InChI=1S/C47H79N15O15/c1-23(2)20-32-42(71)55-27(10-15-48)37(66)54-30(13-18-51)41(70)61-35(24(3)64)45(74)52-19-14-31(40(69)53-28(11-16-49)39(68)59-33(43(72)58-32)21-26-8-6-5-7-9-26)56-38(67)29(12-17-50)57-46(75)36(25(4)65)62-44(73)34(22-63)60-47(76)77/h5-9,23-25,27-36,60,63-65H,10-22,48-51H2,1-4H3,(H,52,74)(H,53,69)(H,54,66)(H,55,71)(H,56,67)(H,57,75)(H,58,72)(H,59,68)(H,61,70)(H,62,73)(H,76,77)/t24-,25-,27+,28+,29+,30+,31+,32+,33-,34+,35+,36+/m1/s1. The van der Waals surface area contributed by atoms with Gasteiger partial charge in [-0.15, -0.1) is 0 Å². The van der Waals surface area contributed by atoms with Gasteiger partial charge in [-0.3, -0.25) is 47.9 Å². The number of carbonyl (C=O) groups is 11. The Hall–Kier alpha value is -7.09. The third-order valence-electron chi connectivity index (χ3n) is 11.9. The molecular formula is C47H79N15O15. The number of nitrogens with two attached hydrogens (primary N) is 4. The minimum absolute atomic E-state index is 0.0331. The molecule has 0 spiro atoms. The molecule has 432 valence electrons. The first-order chi connectivity index (χ1) is 36.4. The number of hydrogen-bond acceptors (Lipinski definition) is 18. The van der Waals surface area contributed by atoms with Crippen molar-refractivity contribution in [3.63, 3.8) is 0 Å². The number of carbonyl (C=O) groups excluding carboxylic acids is 10. The number of rotatable bonds is 22. The molecule has 77 heavy (non-hydrogen) atoms. The van der Waals surface area contributed by atoms with Crippen molar-refractivity contribution in [2.75, 3.05) is 39.3 Å². The molecule has 30 nitrogen and oxygen atoms in total. The van der Waals surface area contributed by atoms with Gasteiger partial charge in [-0.1, -0.05) is 44.2 Å². The number of aliphatic hydroxyl groups is 3. The smallest absolute Gasteiger partial charge is 0.405 e. The molecule has 0 unspecified atom stereocenters. The van der Waals surface area contributed by atoms with Gasteiger partial charge in [0.15, 0.2) is 0 Å². The summed E-state index contributed by atoms with van der Waals surface area (Å²) in [6, 6.07) is -7.24. The quantitative estimate of drug-likeness (QED) is 0.0513. The zero-order valence-electron chi connectivity index (χ0n) is 43.7. The molecule has 1 aliphatic heterocycles. The minimum Gasteiger partial charge on any atom is -0.465 e. The Morgan fingerprint density at radius 2 is 1.09 bits per heavy atom. The van der Waals surface area contributed by atoms with Crippen molar-refractivity contribution >= 4 is 65.2 Å². The topological polar surface area (TPSA) is 505 Å². The second kappa shape index (κ2) is 33.8. The molecule has 1 aliphatic rings. The van der Waals surface area contributed by atoms with Gasteiger partial charge in [-0.2, -0.15) is 0 Å². The highest BCUT2D eigenvalue weighted by Crippen LogP contribution is 2.11. The van der Waals surface area contributed by atoms with Crippen molar-refractivity contribution < 1.29 is 73.2 Å². The summed E-state index contributed by atoms with van der Waals surface area (Å²) in [6.45, 7) is 3.50. The van der Waals surface area contributed by atoms with Crippen molar-refractivity contribution in [3.8, 4) is 0 Å². The van der Waals surface area contributed by atoms with Gasteiger partial charge in [-0.05, 0) is 90.0 Å². The van der Waals surface area contributed by atoms with E-state index in [1.54, 1.807) is 49.5 Å². The van der Waals surface area contributed by atoms with Crippen LogP contribution in [0.4, 0.5) is 4.79 Å². The predicted octanol–water partition coefficient (Wildman–Crippen LogP) is -8.06. The monoisotopic (exact) mass is 1090 g/mol. The molecule has 1 aromatic rings. The van der Waals surface area contributed by atoms with E-state index in [2.05, 4.69) is 53.2 Å². The van der Waals surface area contributed by atoms with E-state index in [9.17, 15) is 68.1 Å². The van der Waals surface area contributed by atoms with Gasteiger partial charge in [0.05, 0.1) is 18.8 Å². The van der Waals surface area contributed by atoms with Crippen molar-refractivity contribution in [3.05, 3.63) is 35.9 Å². The summed E-state index contributed by atoms with van der Waals surface area (Å²) >= 11 is 0.